The molecule has 8 heteroatoms. The van der Waals surface area contributed by atoms with Crippen LogP contribution in [-0.2, 0) is 26.5 Å². The van der Waals surface area contributed by atoms with Gasteiger partial charge in [-0.15, -0.1) is 0 Å². The molecule has 238 valence electrons. The summed E-state index contributed by atoms with van der Waals surface area (Å²) in [5, 5.41) is 5.61. The Morgan fingerprint density at radius 3 is 0.891 bits per heavy atom. The van der Waals surface area contributed by atoms with Gasteiger partial charge in [0.15, 0.2) is 0 Å². The van der Waals surface area contributed by atoms with E-state index in [9.17, 15) is 14.0 Å². The standard InChI is InChI=1S/C19H17ClO4P.C19H17P.Ag/c1-25(24-20(21,22)23,17-11-5-2-6-12-17,18-13-7-3-8-14-18)19-15-9-4-10-16-19;1-20(17-11-5-2-6-12-17,18-13-7-3-8-14-18)19-15-9-4-10-16-19;/h2-16H,1H2;2-16H,1H2;/q-1;;+1. The summed E-state index contributed by atoms with van der Waals surface area (Å²) >= 11 is 0. The van der Waals surface area contributed by atoms with Crippen LogP contribution in [0.5, 0.6) is 0 Å². The van der Waals surface area contributed by atoms with Crippen molar-refractivity contribution in [1.29, 1.82) is 0 Å². The molecule has 0 amide bonds. The first-order valence-corrected chi connectivity index (χ1v) is 19.8. The minimum absolute atomic E-state index is 0. The molecular weight excluding hydrogens is 726 g/mol. The summed E-state index contributed by atoms with van der Waals surface area (Å²) in [4.78, 5) is 0. The fraction of sp³-hybridized carbons (Fsp3) is 0. The molecule has 0 atom stereocenters. The van der Waals surface area contributed by atoms with E-state index in [2.05, 4.69) is 97.7 Å². The van der Waals surface area contributed by atoms with Crippen molar-refractivity contribution in [2.24, 2.45) is 0 Å². The van der Waals surface area contributed by atoms with Gasteiger partial charge in [0.05, 0.1) is 0 Å². The predicted octanol–water partition coefficient (Wildman–Crippen LogP) is 3.55. The SMILES string of the molecule is C=P(c1ccccc1)(c1ccccc1)c1ccccc1.[Ag+].[CH2-]P(O[Cl+3]([O-])([O-])[O-])(c1ccccc1)(c1ccccc1)c1ccccc1. The molecule has 6 aromatic carbocycles. The Hall–Kier alpha value is -3.08. The van der Waals surface area contributed by atoms with E-state index in [4.69, 9.17) is 10.4 Å². The average molecular weight is 760 g/mol. The van der Waals surface area contributed by atoms with E-state index in [-0.39, 0.29) is 22.4 Å². The molecular formula is C38H34AgClO4P2. The molecule has 0 heterocycles. The molecule has 6 aromatic rings. The van der Waals surface area contributed by atoms with Crippen LogP contribution >= 0.6 is 13.7 Å². The van der Waals surface area contributed by atoms with E-state index in [1.807, 2.05) is 18.2 Å². The molecule has 0 radical (unpaired) electrons. The first kappa shape index (κ1) is 35.8. The van der Waals surface area contributed by atoms with Crippen LogP contribution in [0.25, 0.3) is 0 Å². The number of benzene rings is 6. The van der Waals surface area contributed by atoms with Gasteiger partial charge in [0.25, 0.3) is 0 Å². The van der Waals surface area contributed by atoms with E-state index in [1.165, 1.54) is 15.9 Å². The molecule has 46 heavy (non-hydrogen) atoms. The minimum atomic E-state index is -4.72. The Morgan fingerprint density at radius 2 is 0.674 bits per heavy atom. The van der Waals surface area contributed by atoms with Gasteiger partial charge in [-0.2, -0.15) is 0 Å². The van der Waals surface area contributed by atoms with Crippen LogP contribution in [-0.4, -0.2) is 6.30 Å². The first-order chi connectivity index (χ1) is 21.7. The molecule has 0 spiro atoms. The van der Waals surface area contributed by atoms with E-state index in [0.717, 1.165) is 0 Å². The van der Waals surface area contributed by atoms with Crippen molar-refractivity contribution in [1.82, 2.24) is 0 Å². The van der Waals surface area contributed by atoms with Gasteiger partial charge in [-0.3, -0.25) is 0 Å². The molecule has 0 bridgehead atoms. The third-order valence-corrected chi connectivity index (χ3v) is 17.3. The molecule has 0 aromatic heterocycles. The number of hydrogen-bond acceptors (Lipinski definition) is 4. The Balaban J connectivity index is 0.000000209. The van der Waals surface area contributed by atoms with Gasteiger partial charge in [-0.25, -0.2) is 0 Å². The Bertz CT molecular complexity index is 1640. The van der Waals surface area contributed by atoms with E-state index in [0.29, 0.717) is 15.9 Å². The molecule has 0 aliphatic heterocycles. The molecule has 0 N–H and O–H groups in total. The molecule has 0 fully saturated rings. The summed E-state index contributed by atoms with van der Waals surface area (Å²) in [6.45, 7) is -1.69. The molecule has 6 rings (SSSR count). The van der Waals surface area contributed by atoms with Crippen molar-refractivity contribution in [3.05, 3.63) is 189 Å². The second-order valence-electron chi connectivity index (χ2n) is 10.5. The van der Waals surface area contributed by atoms with Gasteiger partial charge < -0.3 is 0 Å². The maximum absolute atomic E-state index is 11.8. The zero-order valence-electron chi connectivity index (χ0n) is 24.9. The van der Waals surface area contributed by atoms with Gasteiger partial charge >= 0.3 is 171 Å². The monoisotopic (exact) mass is 758 g/mol. The van der Waals surface area contributed by atoms with Gasteiger partial charge in [-0.05, 0) is 22.8 Å². The zero-order chi connectivity index (χ0) is 31.8. The van der Waals surface area contributed by atoms with Gasteiger partial charge in [-0.1, -0.05) is 97.3 Å². The molecule has 4 nitrogen and oxygen atoms in total. The fourth-order valence-electron chi connectivity index (χ4n) is 5.48. The zero-order valence-corrected chi connectivity index (χ0v) is 29.0. The molecule has 0 aliphatic carbocycles. The van der Waals surface area contributed by atoms with Crippen molar-refractivity contribution in [3.63, 3.8) is 0 Å². The molecule has 0 saturated heterocycles. The summed E-state index contributed by atoms with van der Waals surface area (Å²) in [7, 11) is -4.72. The molecule has 0 aliphatic rings. The van der Waals surface area contributed by atoms with Crippen LogP contribution in [0.15, 0.2) is 182 Å². The van der Waals surface area contributed by atoms with Gasteiger partial charge in [0.2, 0.25) is 0 Å². The maximum atomic E-state index is 11.8. The van der Waals surface area contributed by atoms with Gasteiger partial charge in [0.1, 0.15) is 0 Å². The number of rotatable bonds is 8. The topological polar surface area (TPSA) is 78.4 Å². The van der Waals surface area contributed by atoms with Crippen LogP contribution in [0.2, 0.25) is 0 Å². The molecule has 0 saturated carbocycles. The number of hydrogen-bond donors (Lipinski definition) is 0. The third-order valence-electron chi connectivity index (χ3n) is 7.73. The second-order valence-corrected chi connectivity index (χ2v) is 18.9. The van der Waals surface area contributed by atoms with Crippen molar-refractivity contribution in [2.45, 2.75) is 0 Å². The van der Waals surface area contributed by atoms with Crippen LogP contribution in [0.3, 0.4) is 0 Å². The van der Waals surface area contributed by atoms with Crippen LogP contribution in [0, 0.1) is 16.9 Å². The fourth-order valence-corrected chi connectivity index (χ4v) is 14.2. The Morgan fingerprint density at radius 1 is 0.457 bits per heavy atom. The average Bonchev–Trinajstić information content (AvgIpc) is 3.10. The van der Waals surface area contributed by atoms with Crippen molar-refractivity contribution in [3.8, 4) is 0 Å². The van der Waals surface area contributed by atoms with E-state index in [1.54, 1.807) is 72.8 Å². The van der Waals surface area contributed by atoms with Crippen LogP contribution in [0.1, 0.15) is 0 Å². The van der Waals surface area contributed by atoms with Crippen LogP contribution in [0.4, 0.5) is 0 Å². The summed E-state index contributed by atoms with van der Waals surface area (Å²) in [5.41, 5.74) is 0. The first-order valence-electron chi connectivity index (χ1n) is 14.2. The van der Waals surface area contributed by atoms with Gasteiger partial charge in [0, 0.05) is 0 Å². The normalized spacial score (nSPS) is 12.4. The number of halogens is 1. The quantitative estimate of drug-likeness (QED) is 0.135. The van der Waals surface area contributed by atoms with Crippen molar-refractivity contribution in [2.75, 3.05) is 0 Å². The van der Waals surface area contributed by atoms with E-state index < -0.39 is 24.0 Å². The van der Waals surface area contributed by atoms with Crippen molar-refractivity contribution >= 4 is 51.8 Å². The Labute approximate surface area is 289 Å². The summed E-state index contributed by atoms with van der Waals surface area (Å²) in [5.74, 6) is 0. The molecule has 0 unspecified atom stereocenters. The Kier molecular flexibility index (Phi) is 11.8. The predicted molar refractivity (Wildman–Crippen MR) is 184 cm³/mol. The second kappa shape index (κ2) is 15.2. The third kappa shape index (κ3) is 7.39. The van der Waals surface area contributed by atoms with E-state index >= 15 is 0 Å². The van der Waals surface area contributed by atoms with Crippen LogP contribution < -0.4 is 45.8 Å². The van der Waals surface area contributed by atoms with Crippen molar-refractivity contribution < 1.29 is 50.7 Å². The summed E-state index contributed by atoms with van der Waals surface area (Å²) in [6.07, 6.45) is 4.69. The summed E-state index contributed by atoms with van der Waals surface area (Å²) < 4.78 is 40.7. The summed E-state index contributed by atoms with van der Waals surface area (Å²) in [6, 6.07) is 58.4.